The molecule has 0 aliphatic heterocycles. The molecular formula is C26H52O5S. The lowest BCUT2D eigenvalue weighted by Crippen LogP contribution is -2.07. The number of hydrogen-bond acceptors (Lipinski definition) is 5. The molecule has 0 radical (unpaired) electrons. The van der Waals surface area contributed by atoms with Gasteiger partial charge in [0.2, 0.25) is 0 Å². The van der Waals surface area contributed by atoms with E-state index < -0.39 is 10.1 Å². The van der Waals surface area contributed by atoms with Gasteiger partial charge in [0.1, 0.15) is 0 Å². The number of ether oxygens (including phenoxy) is 2. The maximum atomic E-state index is 10.8. The van der Waals surface area contributed by atoms with Gasteiger partial charge in [-0.1, -0.05) is 97.0 Å². The highest BCUT2D eigenvalue weighted by Crippen LogP contribution is 2.13. The zero-order chi connectivity index (χ0) is 23.8. The zero-order valence-electron chi connectivity index (χ0n) is 21.2. The van der Waals surface area contributed by atoms with Crippen LogP contribution in [0, 0.1) is 0 Å². The van der Waals surface area contributed by atoms with E-state index in [-0.39, 0.29) is 6.61 Å². The summed E-state index contributed by atoms with van der Waals surface area (Å²) in [5.41, 5.74) is 0.968. The van der Waals surface area contributed by atoms with Crippen LogP contribution in [0.4, 0.5) is 0 Å². The Balaban J connectivity index is 3.19. The Bertz CT molecular complexity index is 504. The molecule has 0 aromatic rings. The summed E-state index contributed by atoms with van der Waals surface area (Å²) in [5.74, 6) is 0. The minimum Gasteiger partial charge on any atom is -0.377 e. The Labute approximate surface area is 199 Å². The summed E-state index contributed by atoms with van der Waals surface area (Å²) < 4.78 is 37.6. The highest BCUT2D eigenvalue weighted by molar-refractivity contribution is 7.85. The first kappa shape index (κ1) is 31.6. The maximum Gasteiger partial charge on any atom is 0.264 e. The highest BCUT2D eigenvalue weighted by Gasteiger charge is 2.01. The quantitative estimate of drug-likeness (QED) is 0.0750. The molecule has 0 fully saturated rings. The molecule has 0 N–H and O–H groups in total. The van der Waals surface area contributed by atoms with E-state index in [1.165, 1.54) is 83.5 Å². The van der Waals surface area contributed by atoms with Crippen molar-refractivity contribution in [2.75, 3.05) is 39.3 Å². The monoisotopic (exact) mass is 476 g/mol. The lowest BCUT2D eigenvalue weighted by molar-refractivity contribution is 0.115. The SMILES string of the molecule is C=C(COCCCCCCCCCCCCCCCC)COCCCCCOS(C)(=O)=O. The summed E-state index contributed by atoms with van der Waals surface area (Å²) in [5, 5.41) is 0. The molecule has 0 atom stereocenters. The molecule has 0 aromatic carbocycles. The van der Waals surface area contributed by atoms with Crippen molar-refractivity contribution in [3.05, 3.63) is 12.2 Å². The first-order valence-electron chi connectivity index (χ1n) is 13.1. The van der Waals surface area contributed by atoms with Crippen molar-refractivity contribution in [1.29, 1.82) is 0 Å². The molecule has 0 rings (SSSR count). The van der Waals surface area contributed by atoms with Gasteiger partial charge >= 0.3 is 0 Å². The molecular weight excluding hydrogens is 424 g/mol. The van der Waals surface area contributed by atoms with Crippen LogP contribution in [-0.4, -0.2) is 47.7 Å². The fourth-order valence-electron chi connectivity index (χ4n) is 3.57. The molecule has 0 unspecified atom stereocenters. The van der Waals surface area contributed by atoms with Gasteiger partial charge in [0.25, 0.3) is 10.1 Å². The van der Waals surface area contributed by atoms with Crippen LogP contribution in [0.2, 0.25) is 0 Å². The fourth-order valence-corrected chi connectivity index (χ4v) is 3.99. The minimum absolute atomic E-state index is 0.249. The maximum absolute atomic E-state index is 10.8. The summed E-state index contributed by atoms with van der Waals surface area (Å²) in [6, 6.07) is 0. The number of hydrogen-bond donors (Lipinski definition) is 0. The molecule has 0 bridgehead atoms. The van der Waals surface area contributed by atoms with E-state index in [0.29, 0.717) is 19.8 Å². The Morgan fingerprint density at radius 3 is 1.34 bits per heavy atom. The van der Waals surface area contributed by atoms with E-state index >= 15 is 0 Å². The van der Waals surface area contributed by atoms with Gasteiger partial charge < -0.3 is 9.47 Å². The molecule has 0 saturated carbocycles. The molecule has 0 aliphatic carbocycles. The van der Waals surface area contributed by atoms with Gasteiger partial charge in [0.05, 0.1) is 26.1 Å². The Hall–Kier alpha value is -0.430. The minimum atomic E-state index is -3.32. The molecule has 0 heterocycles. The van der Waals surface area contributed by atoms with Crippen molar-refractivity contribution < 1.29 is 22.1 Å². The average molecular weight is 477 g/mol. The van der Waals surface area contributed by atoms with Gasteiger partial charge in [-0.3, -0.25) is 4.18 Å². The van der Waals surface area contributed by atoms with Gasteiger partial charge in [-0.15, -0.1) is 0 Å². The van der Waals surface area contributed by atoms with Gasteiger partial charge in [-0.05, 0) is 31.3 Å². The number of rotatable bonds is 26. The van der Waals surface area contributed by atoms with Gasteiger partial charge in [-0.25, -0.2) is 0 Å². The topological polar surface area (TPSA) is 61.8 Å². The molecule has 0 spiro atoms. The van der Waals surface area contributed by atoms with Crippen molar-refractivity contribution in [1.82, 2.24) is 0 Å². The van der Waals surface area contributed by atoms with Crippen LogP contribution in [0.15, 0.2) is 12.2 Å². The van der Waals surface area contributed by atoms with Crippen molar-refractivity contribution in [3.8, 4) is 0 Å². The van der Waals surface area contributed by atoms with Crippen LogP contribution in [0.3, 0.4) is 0 Å². The average Bonchev–Trinajstić information content (AvgIpc) is 2.74. The van der Waals surface area contributed by atoms with Crippen molar-refractivity contribution in [2.45, 2.75) is 116 Å². The molecule has 5 nitrogen and oxygen atoms in total. The highest BCUT2D eigenvalue weighted by atomic mass is 32.2. The smallest absolute Gasteiger partial charge is 0.264 e. The standard InChI is InChI=1S/C26H52O5S/c1-4-5-6-7-8-9-10-11-12-13-14-15-16-18-21-29-24-26(2)25-30-22-19-17-20-23-31-32(3,27)28/h2,4-25H2,1,3H3. The number of unbranched alkanes of at least 4 members (excludes halogenated alkanes) is 15. The first-order chi connectivity index (χ1) is 15.5. The van der Waals surface area contributed by atoms with Crippen molar-refractivity contribution in [3.63, 3.8) is 0 Å². The van der Waals surface area contributed by atoms with Crippen LogP contribution in [0.25, 0.3) is 0 Å². The summed E-state index contributed by atoms with van der Waals surface area (Å²) in [6.45, 7) is 9.07. The molecule has 0 amide bonds. The van der Waals surface area contributed by atoms with Crippen LogP contribution in [0.1, 0.15) is 116 Å². The van der Waals surface area contributed by atoms with Gasteiger partial charge in [0, 0.05) is 13.2 Å². The second-order valence-electron chi connectivity index (χ2n) is 9.04. The third kappa shape index (κ3) is 27.6. The Kier molecular flexibility index (Phi) is 23.4. The predicted molar refractivity (Wildman–Crippen MR) is 136 cm³/mol. The Morgan fingerprint density at radius 2 is 0.938 bits per heavy atom. The Morgan fingerprint density at radius 1 is 0.594 bits per heavy atom. The first-order valence-corrected chi connectivity index (χ1v) is 14.9. The van der Waals surface area contributed by atoms with Gasteiger partial charge in [0.15, 0.2) is 0 Å². The van der Waals surface area contributed by atoms with E-state index in [1.54, 1.807) is 0 Å². The lowest BCUT2D eigenvalue weighted by Gasteiger charge is -2.08. The summed E-state index contributed by atoms with van der Waals surface area (Å²) in [6.07, 6.45) is 22.7. The van der Waals surface area contributed by atoms with Crippen molar-refractivity contribution >= 4 is 10.1 Å². The van der Waals surface area contributed by atoms with E-state index in [0.717, 1.165) is 44.1 Å². The fraction of sp³-hybridized carbons (Fsp3) is 0.923. The second-order valence-corrected chi connectivity index (χ2v) is 10.7. The molecule has 32 heavy (non-hydrogen) atoms. The molecule has 0 aromatic heterocycles. The van der Waals surface area contributed by atoms with Crippen LogP contribution >= 0.6 is 0 Å². The largest absolute Gasteiger partial charge is 0.377 e. The lowest BCUT2D eigenvalue weighted by atomic mass is 10.0. The molecule has 192 valence electrons. The third-order valence-corrected chi connectivity index (χ3v) is 6.08. The second kappa shape index (κ2) is 23.7. The zero-order valence-corrected chi connectivity index (χ0v) is 22.0. The van der Waals surface area contributed by atoms with Crippen LogP contribution < -0.4 is 0 Å². The molecule has 6 heteroatoms. The van der Waals surface area contributed by atoms with Crippen molar-refractivity contribution in [2.24, 2.45) is 0 Å². The molecule has 0 saturated heterocycles. The van der Waals surface area contributed by atoms with Crippen LogP contribution in [-0.2, 0) is 23.8 Å². The summed E-state index contributed by atoms with van der Waals surface area (Å²) in [4.78, 5) is 0. The van der Waals surface area contributed by atoms with E-state index in [2.05, 4.69) is 13.5 Å². The van der Waals surface area contributed by atoms with E-state index in [1.807, 2.05) is 0 Å². The predicted octanol–water partition coefficient (Wildman–Crippen LogP) is 7.20. The third-order valence-electron chi connectivity index (χ3n) is 5.49. The summed E-state index contributed by atoms with van der Waals surface area (Å²) in [7, 11) is -3.32. The normalized spacial score (nSPS) is 11.8. The molecule has 0 aliphatic rings. The van der Waals surface area contributed by atoms with E-state index in [9.17, 15) is 8.42 Å². The van der Waals surface area contributed by atoms with Crippen LogP contribution in [0.5, 0.6) is 0 Å². The van der Waals surface area contributed by atoms with Gasteiger partial charge in [-0.2, -0.15) is 8.42 Å². The van der Waals surface area contributed by atoms with E-state index in [4.69, 9.17) is 13.7 Å². The summed E-state index contributed by atoms with van der Waals surface area (Å²) >= 11 is 0.